The van der Waals surface area contributed by atoms with Gasteiger partial charge in [-0.2, -0.15) is 0 Å². The maximum absolute atomic E-state index is 12.2. The van der Waals surface area contributed by atoms with E-state index in [-0.39, 0.29) is 0 Å². The first-order chi connectivity index (χ1) is 3.85. The smallest absolute Gasteiger partial charge is 0.341 e. The van der Waals surface area contributed by atoms with Crippen molar-refractivity contribution in [3.05, 3.63) is 0 Å². The van der Waals surface area contributed by atoms with Crippen LogP contribution in [0, 0.1) is 0 Å². The maximum atomic E-state index is 12.2. The summed E-state index contributed by atoms with van der Waals surface area (Å²) in [7, 11) is 0. The summed E-state index contributed by atoms with van der Waals surface area (Å²) in [6, 6.07) is 0. The number of carboxylic acid groups (broad SMARTS) is 1. The number of alkyl halides is 1. The van der Waals surface area contributed by atoms with Crippen molar-refractivity contribution in [2.45, 2.75) is 25.6 Å². The van der Waals surface area contributed by atoms with Gasteiger partial charge in [0.25, 0.3) is 0 Å². The van der Waals surface area contributed by atoms with E-state index in [0.29, 0.717) is 0 Å². The van der Waals surface area contributed by atoms with Crippen molar-refractivity contribution >= 4 is 5.97 Å². The van der Waals surface area contributed by atoms with Crippen LogP contribution in [0.5, 0.6) is 0 Å². The standard InChI is InChI=1S/C5H9FO3/c1-5(2,9)3(6)4(7)8/h3,9H,1-2H3,(H,7,8). The Morgan fingerprint density at radius 3 is 2.00 bits per heavy atom. The summed E-state index contributed by atoms with van der Waals surface area (Å²) in [6.07, 6.45) is -2.21. The van der Waals surface area contributed by atoms with E-state index in [2.05, 4.69) is 0 Å². The van der Waals surface area contributed by atoms with E-state index in [0.717, 1.165) is 13.8 Å². The Kier molecular flexibility index (Phi) is 2.14. The number of aliphatic carboxylic acids is 1. The van der Waals surface area contributed by atoms with Crippen molar-refractivity contribution < 1.29 is 19.4 Å². The van der Waals surface area contributed by atoms with Crippen LogP contribution >= 0.6 is 0 Å². The average Bonchev–Trinajstić information content (AvgIpc) is 1.62. The number of carbonyl (C=O) groups is 1. The summed E-state index contributed by atoms with van der Waals surface area (Å²) in [5, 5.41) is 16.7. The van der Waals surface area contributed by atoms with E-state index >= 15 is 0 Å². The zero-order chi connectivity index (χ0) is 7.65. The van der Waals surface area contributed by atoms with Crippen LogP contribution in [-0.2, 0) is 4.79 Å². The Balaban J connectivity index is 4.04. The predicted octanol–water partition coefficient (Wildman–Crippen LogP) is 0.180. The Morgan fingerprint density at radius 1 is 1.67 bits per heavy atom. The molecule has 0 fully saturated rings. The molecule has 2 N–H and O–H groups in total. The molecule has 0 aliphatic carbocycles. The Labute approximate surface area is 52.1 Å². The summed E-state index contributed by atoms with van der Waals surface area (Å²) in [5.41, 5.74) is -1.79. The molecule has 0 saturated carbocycles. The number of hydrogen-bond acceptors (Lipinski definition) is 2. The van der Waals surface area contributed by atoms with Crippen molar-refractivity contribution in [1.29, 1.82) is 0 Å². The summed E-state index contributed by atoms with van der Waals surface area (Å²) in [4.78, 5) is 9.81. The van der Waals surface area contributed by atoms with Gasteiger partial charge in [0, 0.05) is 0 Å². The summed E-state index contributed by atoms with van der Waals surface area (Å²) in [5.74, 6) is -1.64. The van der Waals surface area contributed by atoms with E-state index in [1.54, 1.807) is 0 Å². The first-order valence-electron chi connectivity index (χ1n) is 2.45. The van der Waals surface area contributed by atoms with E-state index in [1.807, 2.05) is 0 Å². The van der Waals surface area contributed by atoms with Crippen molar-refractivity contribution in [2.24, 2.45) is 0 Å². The summed E-state index contributed by atoms with van der Waals surface area (Å²) >= 11 is 0. The SMILES string of the molecule is CC(C)(O)C(F)C(=O)O. The predicted molar refractivity (Wildman–Crippen MR) is 28.8 cm³/mol. The van der Waals surface area contributed by atoms with E-state index in [1.165, 1.54) is 0 Å². The van der Waals surface area contributed by atoms with Crippen LogP contribution in [0.25, 0.3) is 0 Å². The number of aliphatic hydroxyl groups is 1. The van der Waals surface area contributed by atoms with E-state index < -0.39 is 17.7 Å². The molecular formula is C5H9FO3. The largest absolute Gasteiger partial charge is 0.479 e. The molecule has 3 nitrogen and oxygen atoms in total. The Morgan fingerprint density at radius 2 is 2.00 bits per heavy atom. The first-order valence-corrected chi connectivity index (χ1v) is 2.45. The maximum Gasteiger partial charge on any atom is 0.341 e. The van der Waals surface area contributed by atoms with Gasteiger partial charge < -0.3 is 10.2 Å². The highest BCUT2D eigenvalue weighted by Crippen LogP contribution is 2.11. The van der Waals surface area contributed by atoms with Gasteiger partial charge in [0.05, 0.1) is 0 Å². The summed E-state index contributed by atoms with van der Waals surface area (Å²) < 4.78 is 12.2. The molecule has 0 radical (unpaired) electrons. The van der Waals surface area contributed by atoms with Crippen LogP contribution < -0.4 is 0 Å². The number of carboxylic acids is 1. The topological polar surface area (TPSA) is 57.5 Å². The highest BCUT2D eigenvalue weighted by atomic mass is 19.1. The fourth-order valence-corrected chi connectivity index (χ4v) is 0.302. The molecule has 0 saturated heterocycles. The Bertz CT molecular complexity index is 116. The van der Waals surface area contributed by atoms with E-state index in [9.17, 15) is 9.18 Å². The van der Waals surface area contributed by atoms with Gasteiger partial charge in [0.2, 0.25) is 6.17 Å². The molecule has 4 heteroatoms. The molecular weight excluding hydrogens is 127 g/mol. The minimum Gasteiger partial charge on any atom is -0.479 e. The van der Waals surface area contributed by atoms with Crippen molar-refractivity contribution in [2.75, 3.05) is 0 Å². The third-order valence-corrected chi connectivity index (χ3v) is 0.837. The van der Waals surface area contributed by atoms with Crippen LogP contribution in [0.2, 0.25) is 0 Å². The first kappa shape index (κ1) is 8.36. The van der Waals surface area contributed by atoms with Crippen LogP contribution in [0.3, 0.4) is 0 Å². The van der Waals surface area contributed by atoms with Gasteiger partial charge in [0.15, 0.2) is 0 Å². The monoisotopic (exact) mass is 136 g/mol. The lowest BCUT2D eigenvalue weighted by Crippen LogP contribution is -2.38. The lowest BCUT2D eigenvalue weighted by Gasteiger charge is -2.17. The Hall–Kier alpha value is -0.640. The molecule has 0 aliphatic rings. The second-order valence-electron chi connectivity index (χ2n) is 2.35. The van der Waals surface area contributed by atoms with Crippen molar-refractivity contribution in [3.8, 4) is 0 Å². The second kappa shape index (κ2) is 2.31. The molecule has 0 amide bonds. The third kappa shape index (κ3) is 2.41. The molecule has 0 aromatic heterocycles. The molecule has 9 heavy (non-hydrogen) atoms. The highest BCUT2D eigenvalue weighted by molar-refractivity contribution is 5.73. The van der Waals surface area contributed by atoms with Gasteiger partial charge in [-0.3, -0.25) is 0 Å². The lowest BCUT2D eigenvalue weighted by atomic mass is 10.0. The third-order valence-electron chi connectivity index (χ3n) is 0.837. The second-order valence-corrected chi connectivity index (χ2v) is 2.35. The molecule has 1 atom stereocenters. The van der Waals surface area contributed by atoms with Gasteiger partial charge in [-0.15, -0.1) is 0 Å². The molecule has 0 heterocycles. The van der Waals surface area contributed by atoms with Gasteiger partial charge in [-0.05, 0) is 13.8 Å². The molecule has 0 rings (SSSR count). The number of rotatable bonds is 2. The molecule has 0 bridgehead atoms. The van der Waals surface area contributed by atoms with Crippen LogP contribution in [0.1, 0.15) is 13.8 Å². The molecule has 0 spiro atoms. The van der Waals surface area contributed by atoms with Gasteiger partial charge in [-0.1, -0.05) is 0 Å². The highest BCUT2D eigenvalue weighted by Gasteiger charge is 2.32. The zero-order valence-electron chi connectivity index (χ0n) is 5.26. The lowest BCUT2D eigenvalue weighted by molar-refractivity contribution is -0.151. The summed E-state index contributed by atoms with van der Waals surface area (Å²) in [6.45, 7) is 2.21. The van der Waals surface area contributed by atoms with Crippen LogP contribution in [0.15, 0.2) is 0 Å². The molecule has 1 unspecified atom stereocenters. The number of halogens is 1. The normalized spacial score (nSPS) is 15.1. The van der Waals surface area contributed by atoms with Crippen LogP contribution in [0.4, 0.5) is 4.39 Å². The molecule has 54 valence electrons. The molecule has 0 aliphatic heterocycles. The van der Waals surface area contributed by atoms with E-state index in [4.69, 9.17) is 10.2 Å². The molecule has 0 aromatic carbocycles. The fraction of sp³-hybridized carbons (Fsp3) is 0.800. The quantitative estimate of drug-likeness (QED) is 0.569. The van der Waals surface area contributed by atoms with Gasteiger partial charge in [0.1, 0.15) is 5.60 Å². The van der Waals surface area contributed by atoms with Crippen molar-refractivity contribution in [3.63, 3.8) is 0 Å². The zero-order valence-corrected chi connectivity index (χ0v) is 5.26. The van der Waals surface area contributed by atoms with Gasteiger partial charge >= 0.3 is 5.97 Å². The number of hydrogen-bond donors (Lipinski definition) is 2. The van der Waals surface area contributed by atoms with Crippen LogP contribution in [-0.4, -0.2) is 28.0 Å². The molecule has 0 aromatic rings. The minimum absolute atomic E-state index is 1.10. The minimum atomic E-state index is -2.21. The van der Waals surface area contributed by atoms with Crippen molar-refractivity contribution in [1.82, 2.24) is 0 Å². The fourth-order valence-electron chi connectivity index (χ4n) is 0.302. The van der Waals surface area contributed by atoms with Gasteiger partial charge in [-0.25, -0.2) is 9.18 Å². The average molecular weight is 136 g/mol.